The molecule has 0 bridgehead atoms. The number of ketones is 1. The van der Waals surface area contributed by atoms with Gasteiger partial charge in [-0.1, -0.05) is 5.16 Å². The van der Waals surface area contributed by atoms with E-state index in [-0.39, 0.29) is 28.7 Å². The fourth-order valence-corrected chi connectivity index (χ4v) is 3.11. The largest absolute Gasteiger partial charge is 0.462 e. The van der Waals surface area contributed by atoms with Crippen LogP contribution in [0.2, 0.25) is 0 Å². The molecule has 0 aliphatic heterocycles. The maximum Gasteiger partial charge on any atom is 0.341 e. The van der Waals surface area contributed by atoms with Crippen molar-refractivity contribution in [3.63, 3.8) is 0 Å². The normalized spacial score (nSPS) is 10.4. The van der Waals surface area contributed by atoms with Crippen molar-refractivity contribution in [3.05, 3.63) is 33.5 Å². The van der Waals surface area contributed by atoms with E-state index in [1.165, 1.54) is 13.0 Å². The van der Waals surface area contributed by atoms with Gasteiger partial charge in [0.1, 0.15) is 5.00 Å². The lowest BCUT2D eigenvalue weighted by molar-refractivity contribution is 0.0527. The minimum Gasteiger partial charge on any atom is -0.462 e. The molecule has 1 amide bonds. The highest BCUT2D eigenvalue weighted by atomic mass is 32.1. The first-order chi connectivity index (χ1) is 10.8. The van der Waals surface area contributed by atoms with Crippen LogP contribution in [0.15, 0.2) is 10.6 Å². The van der Waals surface area contributed by atoms with Crippen LogP contribution in [-0.2, 0) is 4.74 Å². The number of carbonyl (C=O) groups excluding carboxylic acids is 3. The van der Waals surface area contributed by atoms with E-state index in [9.17, 15) is 14.4 Å². The SMILES string of the molecule is CCOC(=O)c1c(NC(=O)c2cc(C)no2)sc(C(C)=O)c1C. The van der Waals surface area contributed by atoms with E-state index in [1.807, 2.05) is 0 Å². The number of ether oxygens (including phenoxy) is 1. The zero-order chi connectivity index (χ0) is 17.1. The summed E-state index contributed by atoms with van der Waals surface area (Å²) < 4.78 is 9.89. The van der Waals surface area contributed by atoms with Crippen molar-refractivity contribution >= 4 is 34.0 Å². The predicted molar refractivity (Wildman–Crippen MR) is 84.2 cm³/mol. The molecule has 2 heterocycles. The van der Waals surface area contributed by atoms with Crippen LogP contribution in [0.5, 0.6) is 0 Å². The highest BCUT2D eigenvalue weighted by molar-refractivity contribution is 7.18. The average molecular weight is 336 g/mol. The van der Waals surface area contributed by atoms with Gasteiger partial charge in [0.25, 0.3) is 5.91 Å². The summed E-state index contributed by atoms with van der Waals surface area (Å²) in [5, 5.41) is 6.48. The summed E-state index contributed by atoms with van der Waals surface area (Å²) in [5.41, 5.74) is 1.24. The maximum atomic E-state index is 12.2. The summed E-state index contributed by atoms with van der Waals surface area (Å²) in [5.74, 6) is -1.30. The van der Waals surface area contributed by atoms with Gasteiger partial charge >= 0.3 is 5.97 Å². The Labute approximate surface area is 136 Å². The number of carbonyl (C=O) groups is 3. The highest BCUT2D eigenvalue weighted by Crippen LogP contribution is 2.34. The third kappa shape index (κ3) is 3.48. The standard InChI is InChI=1S/C15H16N2O5S/c1-5-21-15(20)11-8(3)12(9(4)18)23-14(11)16-13(19)10-6-7(2)17-22-10/h6H,5H2,1-4H3,(H,16,19). The molecule has 2 rings (SSSR count). The fraction of sp³-hybridized carbons (Fsp3) is 0.333. The minimum atomic E-state index is -0.585. The molecule has 2 aromatic rings. The molecule has 2 aromatic heterocycles. The molecule has 0 aromatic carbocycles. The van der Waals surface area contributed by atoms with E-state index in [0.717, 1.165) is 11.3 Å². The number of aromatic nitrogens is 1. The van der Waals surface area contributed by atoms with Gasteiger partial charge in [0.05, 0.1) is 22.7 Å². The number of nitrogens with one attached hydrogen (secondary N) is 1. The molecule has 23 heavy (non-hydrogen) atoms. The number of rotatable bonds is 5. The third-order valence-corrected chi connectivity index (χ3v) is 4.33. The number of aryl methyl sites for hydroxylation is 1. The van der Waals surface area contributed by atoms with E-state index in [4.69, 9.17) is 9.26 Å². The van der Waals surface area contributed by atoms with Crippen LogP contribution in [0.3, 0.4) is 0 Å². The van der Waals surface area contributed by atoms with Gasteiger partial charge in [-0.15, -0.1) is 11.3 Å². The molecule has 0 aliphatic carbocycles. The number of Topliss-reactive ketones (excluding diaryl/α,β-unsaturated/α-hetero) is 1. The van der Waals surface area contributed by atoms with E-state index in [0.29, 0.717) is 16.1 Å². The number of amides is 1. The summed E-state index contributed by atoms with van der Waals surface area (Å²) in [7, 11) is 0. The van der Waals surface area contributed by atoms with Gasteiger partial charge in [0, 0.05) is 6.07 Å². The topological polar surface area (TPSA) is 98.5 Å². The molecule has 8 heteroatoms. The van der Waals surface area contributed by atoms with Gasteiger partial charge in [-0.25, -0.2) is 4.79 Å². The van der Waals surface area contributed by atoms with Gasteiger partial charge in [0.2, 0.25) is 5.76 Å². The lowest BCUT2D eigenvalue weighted by Gasteiger charge is -2.05. The van der Waals surface area contributed by atoms with Crippen molar-refractivity contribution in [1.29, 1.82) is 0 Å². The Balaban J connectivity index is 2.40. The molecule has 0 unspecified atom stereocenters. The predicted octanol–water partition coefficient (Wildman–Crippen LogP) is 2.98. The first-order valence-electron chi connectivity index (χ1n) is 6.91. The number of thiophene rings is 1. The summed E-state index contributed by atoms with van der Waals surface area (Å²) in [4.78, 5) is 36.4. The summed E-state index contributed by atoms with van der Waals surface area (Å²) in [6.45, 7) is 6.61. The van der Waals surface area contributed by atoms with E-state index in [2.05, 4.69) is 10.5 Å². The van der Waals surface area contributed by atoms with Crippen LogP contribution in [0.4, 0.5) is 5.00 Å². The van der Waals surface area contributed by atoms with Crippen molar-refractivity contribution in [2.45, 2.75) is 27.7 Å². The van der Waals surface area contributed by atoms with Crippen LogP contribution in [-0.4, -0.2) is 29.4 Å². The molecule has 0 saturated carbocycles. The highest BCUT2D eigenvalue weighted by Gasteiger charge is 2.26. The number of nitrogens with zero attached hydrogens (tertiary/aromatic N) is 1. The second-order valence-corrected chi connectivity index (χ2v) is 5.84. The first-order valence-corrected chi connectivity index (χ1v) is 7.72. The van der Waals surface area contributed by atoms with Crippen molar-refractivity contribution in [2.24, 2.45) is 0 Å². The molecule has 0 aliphatic rings. The molecule has 0 saturated heterocycles. The van der Waals surface area contributed by atoms with Crippen LogP contribution in [0.1, 0.15) is 55.7 Å². The molecule has 1 N–H and O–H groups in total. The summed E-state index contributed by atoms with van der Waals surface area (Å²) >= 11 is 1.03. The van der Waals surface area contributed by atoms with Crippen LogP contribution < -0.4 is 5.32 Å². The molecule has 0 radical (unpaired) electrons. The number of anilines is 1. The zero-order valence-corrected chi connectivity index (χ0v) is 14.0. The monoisotopic (exact) mass is 336 g/mol. The number of hydrogen-bond donors (Lipinski definition) is 1. The number of esters is 1. The molecule has 0 atom stereocenters. The Morgan fingerprint density at radius 3 is 2.57 bits per heavy atom. The van der Waals surface area contributed by atoms with Gasteiger partial charge in [-0.2, -0.15) is 0 Å². The second-order valence-electron chi connectivity index (χ2n) is 4.82. The van der Waals surface area contributed by atoms with Gasteiger partial charge in [0.15, 0.2) is 5.78 Å². The van der Waals surface area contributed by atoms with Crippen LogP contribution in [0, 0.1) is 13.8 Å². The van der Waals surface area contributed by atoms with Gasteiger partial charge in [-0.3, -0.25) is 9.59 Å². The van der Waals surface area contributed by atoms with E-state index in [1.54, 1.807) is 20.8 Å². The smallest absolute Gasteiger partial charge is 0.341 e. The van der Waals surface area contributed by atoms with Gasteiger partial charge in [-0.05, 0) is 33.3 Å². The maximum absolute atomic E-state index is 12.2. The lowest BCUT2D eigenvalue weighted by Crippen LogP contribution is -2.14. The van der Waals surface area contributed by atoms with Crippen molar-refractivity contribution in [2.75, 3.05) is 11.9 Å². The number of hydrogen-bond acceptors (Lipinski definition) is 7. The molecular formula is C15H16N2O5S. The summed E-state index contributed by atoms with van der Waals surface area (Å²) in [6, 6.07) is 1.48. The third-order valence-electron chi connectivity index (χ3n) is 3.02. The van der Waals surface area contributed by atoms with Crippen molar-refractivity contribution in [3.8, 4) is 0 Å². The molecule has 122 valence electrons. The van der Waals surface area contributed by atoms with E-state index >= 15 is 0 Å². The average Bonchev–Trinajstić information content (AvgIpc) is 3.03. The summed E-state index contributed by atoms with van der Waals surface area (Å²) in [6.07, 6.45) is 0. The van der Waals surface area contributed by atoms with Crippen molar-refractivity contribution < 1.29 is 23.6 Å². The van der Waals surface area contributed by atoms with Crippen molar-refractivity contribution in [1.82, 2.24) is 5.16 Å². The van der Waals surface area contributed by atoms with Gasteiger partial charge < -0.3 is 14.6 Å². The Bertz CT molecular complexity index is 775. The fourth-order valence-electron chi connectivity index (χ4n) is 2.02. The van der Waals surface area contributed by atoms with Crippen LogP contribution >= 0.6 is 11.3 Å². The minimum absolute atomic E-state index is 0.0211. The Morgan fingerprint density at radius 2 is 2.04 bits per heavy atom. The molecule has 7 nitrogen and oxygen atoms in total. The Kier molecular flexibility index (Phi) is 4.95. The second kappa shape index (κ2) is 6.74. The lowest BCUT2D eigenvalue weighted by atomic mass is 10.1. The molecular weight excluding hydrogens is 320 g/mol. The zero-order valence-electron chi connectivity index (χ0n) is 13.2. The Hall–Kier alpha value is -2.48. The van der Waals surface area contributed by atoms with Crippen LogP contribution in [0.25, 0.3) is 0 Å². The first kappa shape index (κ1) is 16.9. The van der Waals surface area contributed by atoms with E-state index < -0.39 is 11.9 Å². The molecule has 0 spiro atoms. The quantitative estimate of drug-likeness (QED) is 0.666. The molecule has 0 fully saturated rings. The Morgan fingerprint density at radius 1 is 1.35 bits per heavy atom.